The molecule has 0 amide bonds. The van der Waals surface area contributed by atoms with Crippen molar-refractivity contribution in [3.63, 3.8) is 0 Å². The number of ether oxygens (including phenoxy) is 1. The number of hydrogen-bond acceptors (Lipinski definition) is 6. The first-order chi connectivity index (χ1) is 9.94. The van der Waals surface area contributed by atoms with Gasteiger partial charge in [0.1, 0.15) is 5.75 Å². The Morgan fingerprint density at radius 3 is 2.48 bits per heavy atom. The number of fused-ring (bicyclic) bond motifs is 3. The third kappa shape index (κ3) is 2.68. The molecule has 1 aromatic carbocycles. The fraction of sp³-hybridized carbons (Fsp3) is 0.273. The van der Waals surface area contributed by atoms with E-state index in [-0.39, 0.29) is 19.0 Å². The number of carbonyl (C=O) groups excluding carboxylic acids is 2. The van der Waals surface area contributed by atoms with Gasteiger partial charge in [0, 0.05) is 8.95 Å². The number of halogens is 3. The third-order valence-corrected chi connectivity index (χ3v) is 7.30. The Morgan fingerprint density at radius 2 is 1.86 bits per heavy atom. The molecule has 0 atom stereocenters. The number of esters is 1. The van der Waals surface area contributed by atoms with E-state index in [9.17, 15) is 9.59 Å². The van der Waals surface area contributed by atoms with Gasteiger partial charge in [0.25, 0.3) is 0 Å². The maximum Gasteiger partial charge on any atom is 0.399 e. The van der Waals surface area contributed by atoms with E-state index in [4.69, 9.17) is 18.3 Å². The number of carbonyl (C=O) groups is 2. The smallest absolute Gasteiger partial charge is 0.399 e. The average Bonchev–Trinajstić information content (AvgIpc) is 2.49. The topological polar surface area (TPSA) is 71.1 Å². The van der Waals surface area contributed by atoms with Gasteiger partial charge in [-0.2, -0.15) is 0 Å². The first-order valence-corrected chi connectivity index (χ1v) is 9.05. The zero-order valence-electron chi connectivity index (χ0n) is 10.1. The van der Waals surface area contributed by atoms with Gasteiger partial charge >= 0.3 is 20.5 Å². The molecule has 0 aliphatic carbocycles. The minimum Gasteiger partial charge on any atom is -0.424 e. The van der Waals surface area contributed by atoms with Gasteiger partial charge in [-0.25, -0.2) is 0 Å². The summed E-state index contributed by atoms with van der Waals surface area (Å²) in [5.74, 6) is -1.16. The predicted molar refractivity (Wildman–Crippen MR) is 82.5 cm³/mol. The fourth-order valence-electron chi connectivity index (χ4n) is 1.72. The molecule has 4 rings (SSSR count). The largest absolute Gasteiger partial charge is 0.424 e. The molecule has 3 aliphatic heterocycles. The van der Waals surface area contributed by atoms with Gasteiger partial charge in [0.2, 0.25) is 5.41 Å². The van der Waals surface area contributed by atoms with Crippen molar-refractivity contribution in [1.29, 1.82) is 0 Å². The number of hydrogen-bond donors (Lipinski definition) is 0. The van der Waals surface area contributed by atoms with Gasteiger partial charge in [-0.15, -0.1) is 0 Å². The molecule has 0 N–H and O–H groups in total. The molecule has 0 unspecified atom stereocenters. The SMILES string of the molecule is O=C(Oc1ccc(Br)c(Br)c1Br)C12COP(OC1)OC2=O. The van der Waals surface area contributed by atoms with Crippen LogP contribution in [0.2, 0.25) is 0 Å². The third-order valence-electron chi connectivity index (χ3n) is 2.97. The fourth-order valence-corrected chi connectivity index (χ4v) is 4.21. The van der Waals surface area contributed by atoms with E-state index in [1.54, 1.807) is 12.1 Å². The second-order valence-electron chi connectivity index (χ2n) is 4.29. The van der Waals surface area contributed by atoms with Crippen LogP contribution in [0.5, 0.6) is 5.75 Å². The van der Waals surface area contributed by atoms with Crippen molar-refractivity contribution in [2.75, 3.05) is 13.2 Å². The standard InChI is InChI=1S/C11H6Br3O6P/c12-5-1-2-6(8(14)7(5)13)19-9(15)11-3-17-21(18-4-11)20-10(11)16/h1-2H,3-4H2. The highest BCUT2D eigenvalue weighted by Gasteiger charge is 2.59. The van der Waals surface area contributed by atoms with Gasteiger partial charge in [-0.05, 0) is 59.9 Å². The lowest BCUT2D eigenvalue weighted by molar-refractivity contribution is -0.179. The Morgan fingerprint density at radius 1 is 1.19 bits per heavy atom. The van der Waals surface area contributed by atoms with Gasteiger partial charge in [0.15, 0.2) is 0 Å². The molecule has 6 nitrogen and oxygen atoms in total. The molecular formula is C11H6Br3O6P. The van der Waals surface area contributed by atoms with Crippen LogP contribution >= 0.6 is 56.4 Å². The summed E-state index contributed by atoms with van der Waals surface area (Å²) in [5, 5.41) is 0. The lowest BCUT2D eigenvalue weighted by atomic mass is 9.90. The predicted octanol–water partition coefficient (Wildman–Crippen LogP) is 3.70. The van der Waals surface area contributed by atoms with E-state index in [1.165, 1.54) is 0 Å². The zero-order valence-corrected chi connectivity index (χ0v) is 15.8. The second kappa shape index (κ2) is 5.86. The summed E-state index contributed by atoms with van der Waals surface area (Å²) in [6.45, 7) is -0.183. The van der Waals surface area contributed by atoms with Crippen LogP contribution in [-0.4, -0.2) is 25.2 Å². The van der Waals surface area contributed by atoms with E-state index in [0.29, 0.717) is 8.95 Å². The van der Waals surface area contributed by atoms with Crippen molar-refractivity contribution in [3.05, 3.63) is 25.6 Å². The van der Waals surface area contributed by atoms with Crippen molar-refractivity contribution in [2.24, 2.45) is 5.41 Å². The van der Waals surface area contributed by atoms with Crippen LogP contribution in [0.4, 0.5) is 0 Å². The van der Waals surface area contributed by atoms with Crippen molar-refractivity contribution >= 4 is 68.3 Å². The van der Waals surface area contributed by atoms with Crippen LogP contribution in [-0.2, 0) is 23.2 Å². The van der Waals surface area contributed by atoms with E-state index in [0.717, 1.165) is 4.47 Å². The van der Waals surface area contributed by atoms with Crippen molar-refractivity contribution < 1.29 is 27.9 Å². The molecule has 1 aromatic rings. The van der Waals surface area contributed by atoms with Gasteiger partial charge in [-0.1, -0.05) is 0 Å². The lowest BCUT2D eigenvalue weighted by Gasteiger charge is -2.39. The number of rotatable bonds is 2. The summed E-state index contributed by atoms with van der Waals surface area (Å²) in [4.78, 5) is 24.3. The zero-order chi connectivity index (χ0) is 15.2. The van der Waals surface area contributed by atoms with E-state index >= 15 is 0 Å². The summed E-state index contributed by atoms with van der Waals surface area (Å²) >= 11 is 9.99. The number of benzene rings is 1. The Hall–Kier alpha value is -0.0500. The van der Waals surface area contributed by atoms with Crippen molar-refractivity contribution in [1.82, 2.24) is 0 Å². The van der Waals surface area contributed by atoms with E-state index in [1.807, 2.05) is 0 Å². The molecule has 0 saturated carbocycles. The van der Waals surface area contributed by atoms with Gasteiger partial charge < -0.3 is 18.3 Å². The van der Waals surface area contributed by atoms with E-state index in [2.05, 4.69) is 47.8 Å². The molecule has 3 saturated heterocycles. The Labute approximate surface area is 145 Å². The second-order valence-corrected chi connectivity index (χ2v) is 7.88. The minimum atomic E-state index is -1.65. The molecule has 3 heterocycles. The summed E-state index contributed by atoms with van der Waals surface area (Å²) in [6.07, 6.45) is 0. The van der Waals surface area contributed by atoms with E-state index < -0.39 is 26.0 Å². The average molecular weight is 505 g/mol. The Balaban J connectivity index is 1.87. The first-order valence-electron chi connectivity index (χ1n) is 5.58. The van der Waals surface area contributed by atoms with Crippen molar-refractivity contribution in [2.45, 2.75) is 0 Å². The van der Waals surface area contributed by atoms with Crippen LogP contribution in [0.15, 0.2) is 25.6 Å². The highest BCUT2D eigenvalue weighted by atomic mass is 79.9. The summed E-state index contributed by atoms with van der Waals surface area (Å²) < 4.78 is 22.5. The summed E-state index contributed by atoms with van der Waals surface area (Å²) in [6, 6.07) is 3.31. The molecular weight excluding hydrogens is 499 g/mol. The van der Waals surface area contributed by atoms with Crippen LogP contribution in [0, 0.1) is 5.41 Å². The maximum atomic E-state index is 12.4. The van der Waals surface area contributed by atoms with Gasteiger partial charge in [-0.3, -0.25) is 9.59 Å². The summed E-state index contributed by atoms with van der Waals surface area (Å²) in [7, 11) is -1.65. The van der Waals surface area contributed by atoms with Crippen molar-refractivity contribution in [3.8, 4) is 5.75 Å². The molecule has 0 radical (unpaired) electrons. The van der Waals surface area contributed by atoms with Gasteiger partial charge in [0.05, 0.1) is 17.7 Å². The highest BCUT2D eigenvalue weighted by molar-refractivity contribution is 9.14. The molecule has 0 spiro atoms. The molecule has 3 aliphatic rings. The molecule has 3 fully saturated rings. The lowest BCUT2D eigenvalue weighted by Crippen LogP contribution is -2.54. The molecule has 10 heteroatoms. The molecule has 21 heavy (non-hydrogen) atoms. The molecule has 0 aromatic heterocycles. The maximum absolute atomic E-state index is 12.4. The van der Waals surface area contributed by atoms with Crippen LogP contribution in [0.3, 0.4) is 0 Å². The highest BCUT2D eigenvalue weighted by Crippen LogP contribution is 2.54. The Bertz CT molecular complexity index is 629. The Kier molecular flexibility index (Phi) is 4.42. The quantitative estimate of drug-likeness (QED) is 0.201. The normalized spacial score (nSPS) is 27.4. The van der Waals surface area contributed by atoms with Crippen LogP contribution < -0.4 is 4.74 Å². The van der Waals surface area contributed by atoms with Crippen LogP contribution in [0.1, 0.15) is 0 Å². The monoisotopic (exact) mass is 502 g/mol. The first kappa shape index (κ1) is 15.8. The van der Waals surface area contributed by atoms with Crippen LogP contribution in [0.25, 0.3) is 0 Å². The molecule has 112 valence electrons. The minimum absolute atomic E-state index is 0.0916. The summed E-state index contributed by atoms with van der Waals surface area (Å²) in [5.41, 5.74) is -1.56. The molecule has 2 bridgehead atoms.